The molecular weight excluding hydrogens is 250 g/mol. The average Bonchev–Trinajstić information content (AvgIpc) is 2.35. The van der Waals surface area contributed by atoms with Gasteiger partial charge in [-0.3, -0.25) is 14.2 Å². The molecule has 18 heavy (non-hydrogen) atoms. The zero-order valence-electron chi connectivity index (χ0n) is 9.92. The molecule has 0 radical (unpaired) electrons. The second-order valence-corrected chi connectivity index (χ2v) is 4.90. The number of rotatable bonds is 4. The van der Waals surface area contributed by atoms with Gasteiger partial charge in [0.2, 0.25) is 5.91 Å². The number of carbonyl (C=O) groups is 1. The SMILES string of the molecule is Cn1c(SCCC(N)=O)nc2ccccc2c1=O. The molecule has 0 spiro atoms. The highest BCUT2D eigenvalue weighted by Gasteiger charge is 2.08. The van der Waals surface area contributed by atoms with Crippen molar-refractivity contribution in [1.82, 2.24) is 9.55 Å². The maximum atomic E-state index is 12.1. The lowest BCUT2D eigenvalue weighted by molar-refractivity contribution is -0.117. The fourth-order valence-corrected chi connectivity index (χ4v) is 2.49. The van der Waals surface area contributed by atoms with Crippen molar-refractivity contribution < 1.29 is 4.79 Å². The molecule has 0 saturated heterocycles. The molecular formula is C12H13N3O2S. The third-order valence-corrected chi connectivity index (χ3v) is 3.55. The number of hydrogen-bond donors (Lipinski definition) is 1. The van der Waals surface area contributed by atoms with Crippen molar-refractivity contribution in [2.75, 3.05) is 5.75 Å². The maximum absolute atomic E-state index is 12.1. The van der Waals surface area contributed by atoms with E-state index in [1.54, 1.807) is 19.2 Å². The number of amides is 1. The Bertz CT molecular complexity index is 651. The van der Waals surface area contributed by atoms with Crippen LogP contribution in [0.3, 0.4) is 0 Å². The molecule has 0 unspecified atom stereocenters. The van der Waals surface area contributed by atoms with Crippen LogP contribution in [0, 0.1) is 0 Å². The van der Waals surface area contributed by atoms with Crippen LogP contribution in [-0.4, -0.2) is 21.2 Å². The van der Waals surface area contributed by atoms with Crippen molar-refractivity contribution in [3.05, 3.63) is 34.6 Å². The standard InChI is InChI=1S/C12H13N3O2S/c1-15-11(17)8-4-2-3-5-9(8)14-12(15)18-7-6-10(13)16/h2-5H,6-7H2,1H3,(H2,13,16). The first-order chi connectivity index (χ1) is 8.59. The molecule has 0 aliphatic rings. The first-order valence-corrected chi connectivity index (χ1v) is 6.45. The molecule has 1 aromatic carbocycles. The Labute approximate surface area is 108 Å². The molecule has 0 fully saturated rings. The number of hydrogen-bond acceptors (Lipinski definition) is 4. The number of benzene rings is 1. The molecule has 1 aromatic heterocycles. The summed E-state index contributed by atoms with van der Waals surface area (Å²) in [6.45, 7) is 0. The fourth-order valence-electron chi connectivity index (χ4n) is 1.57. The highest BCUT2D eigenvalue weighted by atomic mass is 32.2. The van der Waals surface area contributed by atoms with Gasteiger partial charge < -0.3 is 5.73 Å². The molecule has 0 saturated carbocycles. The summed E-state index contributed by atoms with van der Waals surface area (Å²) >= 11 is 1.36. The van der Waals surface area contributed by atoms with E-state index in [0.29, 0.717) is 21.8 Å². The Hall–Kier alpha value is -1.82. The fraction of sp³-hybridized carbons (Fsp3) is 0.250. The van der Waals surface area contributed by atoms with E-state index < -0.39 is 0 Å². The zero-order valence-corrected chi connectivity index (χ0v) is 10.7. The highest BCUT2D eigenvalue weighted by molar-refractivity contribution is 7.99. The van der Waals surface area contributed by atoms with Crippen LogP contribution in [0.2, 0.25) is 0 Å². The van der Waals surface area contributed by atoms with Gasteiger partial charge in [0.15, 0.2) is 5.16 Å². The van der Waals surface area contributed by atoms with Gasteiger partial charge in [-0.25, -0.2) is 4.98 Å². The number of nitrogens with two attached hydrogens (primary N) is 1. The van der Waals surface area contributed by atoms with E-state index in [9.17, 15) is 9.59 Å². The van der Waals surface area contributed by atoms with E-state index in [2.05, 4.69) is 4.98 Å². The van der Waals surface area contributed by atoms with E-state index in [-0.39, 0.29) is 17.9 Å². The minimum atomic E-state index is -0.353. The largest absolute Gasteiger partial charge is 0.370 e. The number of primary amides is 1. The van der Waals surface area contributed by atoms with E-state index in [0.717, 1.165) is 0 Å². The Morgan fingerprint density at radius 1 is 1.44 bits per heavy atom. The van der Waals surface area contributed by atoms with Gasteiger partial charge in [0, 0.05) is 19.2 Å². The molecule has 0 aliphatic heterocycles. The van der Waals surface area contributed by atoms with E-state index in [1.807, 2.05) is 12.1 Å². The average molecular weight is 263 g/mol. The van der Waals surface area contributed by atoms with Crippen LogP contribution in [0.5, 0.6) is 0 Å². The first-order valence-electron chi connectivity index (χ1n) is 5.46. The van der Waals surface area contributed by atoms with Crippen molar-refractivity contribution in [2.24, 2.45) is 12.8 Å². The minimum Gasteiger partial charge on any atom is -0.370 e. The van der Waals surface area contributed by atoms with Gasteiger partial charge in [-0.05, 0) is 12.1 Å². The smallest absolute Gasteiger partial charge is 0.261 e. The lowest BCUT2D eigenvalue weighted by Crippen LogP contribution is -2.20. The molecule has 1 heterocycles. The number of para-hydroxylation sites is 1. The predicted octanol–water partition coefficient (Wildman–Crippen LogP) is 0.901. The molecule has 2 N–H and O–H groups in total. The molecule has 5 nitrogen and oxygen atoms in total. The van der Waals surface area contributed by atoms with Gasteiger partial charge in [0.25, 0.3) is 5.56 Å². The number of carbonyl (C=O) groups excluding carboxylic acids is 1. The van der Waals surface area contributed by atoms with Crippen LogP contribution >= 0.6 is 11.8 Å². The molecule has 6 heteroatoms. The summed E-state index contributed by atoms with van der Waals surface area (Å²) in [6.07, 6.45) is 0.271. The third kappa shape index (κ3) is 2.53. The van der Waals surface area contributed by atoms with Gasteiger partial charge in [-0.1, -0.05) is 23.9 Å². The van der Waals surface area contributed by atoms with Gasteiger partial charge in [0.1, 0.15) is 0 Å². The molecule has 0 bridgehead atoms. The highest BCUT2D eigenvalue weighted by Crippen LogP contribution is 2.17. The van der Waals surface area contributed by atoms with Gasteiger partial charge in [-0.15, -0.1) is 0 Å². The summed E-state index contributed by atoms with van der Waals surface area (Å²) < 4.78 is 1.49. The van der Waals surface area contributed by atoms with Crippen LogP contribution in [0.25, 0.3) is 10.9 Å². The molecule has 0 aliphatic carbocycles. The molecule has 2 rings (SSSR count). The van der Waals surface area contributed by atoms with E-state index >= 15 is 0 Å². The topological polar surface area (TPSA) is 78.0 Å². The predicted molar refractivity (Wildman–Crippen MR) is 71.5 cm³/mol. The summed E-state index contributed by atoms with van der Waals surface area (Å²) in [5, 5.41) is 1.19. The molecule has 2 aromatic rings. The Balaban J connectivity index is 2.36. The second kappa shape index (κ2) is 5.22. The van der Waals surface area contributed by atoms with Crippen molar-refractivity contribution in [3.8, 4) is 0 Å². The van der Waals surface area contributed by atoms with Crippen LogP contribution in [0.15, 0.2) is 34.2 Å². The van der Waals surface area contributed by atoms with Crippen molar-refractivity contribution in [1.29, 1.82) is 0 Å². The summed E-state index contributed by atoms with van der Waals surface area (Å²) in [7, 11) is 1.67. The van der Waals surface area contributed by atoms with Crippen LogP contribution in [0.4, 0.5) is 0 Å². The number of nitrogens with zero attached hydrogens (tertiary/aromatic N) is 2. The van der Waals surface area contributed by atoms with Crippen LogP contribution in [-0.2, 0) is 11.8 Å². The normalized spacial score (nSPS) is 10.7. The molecule has 1 amide bonds. The quantitative estimate of drug-likeness (QED) is 0.656. The van der Waals surface area contributed by atoms with Crippen LogP contribution < -0.4 is 11.3 Å². The Morgan fingerprint density at radius 2 is 2.17 bits per heavy atom. The lowest BCUT2D eigenvalue weighted by Gasteiger charge is -2.07. The van der Waals surface area contributed by atoms with Crippen molar-refractivity contribution >= 4 is 28.6 Å². The van der Waals surface area contributed by atoms with Gasteiger partial charge in [-0.2, -0.15) is 0 Å². The summed E-state index contributed by atoms with van der Waals surface area (Å²) in [5.41, 5.74) is 5.66. The molecule has 0 atom stereocenters. The maximum Gasteiger partial charge on any atom is 0.261 e. The molecule has 94 valence electrons. The lowest BCUT2D eigenvalue weighted by atomic mass is 10.2. The van der Waals surface area contributed by atoms with Crippen molar-refractivity contribution in [3.63, 3.8) is 0 Å². The van der Waals surface area contributed by atoms with Gasteiger partial charge in [0.05, 0.1) is 10.9 Å². The second-order valence-electron chi connectivity index (χ2n) is 3.84. The van der Waals surface area contributed by atoms with Crippen LogP contribution in [0.1, 0.15) is 6.42 Å². The number of aromatic nitrogens is 2. The summed E-state index contributed by atoms with van der Waals surface area (Å²) in [4.78, 5) is 27.1. The summed E-state index contributed by atoms with van der Waals surface area (Å²) in [6, 6.07) is 7.20. The number of fused-ring (bicyclic) bond motifs is 1. The van der Waals surface area contributed by atoms with Crippen molar-refractivity contribution in [2.45, 2.75) is 11.6 Å². The monoisotopic (exact) mass is 263 g/mol. The minimum absolute atomic E-state index is 0.0813. The Kier molecular flexibility index (Phi) is 3.66. The Morgan fingerprint density at radius 3 is 2.89 bits per heavy atom. The first kappa shape index (κ1) is 12.6. The van der Waals surface area contributed by atoms with Gasteiger partial charge >= 0.3 is 0 Å². The van der Waals surface area contributed by atoms with E-state index in [4.69, 9.17) is 5.73 Å². The zero-order chi connectivity index (χ0) is 13.1. The van der Waals surface area contributed by atoms with E-state index in [1.165, 1.54) is 16.3 Å². The third-order valence-electron chi connectivity index (χ3n) is 2.52. The number of thioether (sulfide) groups is 1. The summed E-state index contributed by atoms with van der Waals surface area (Å²) in [5.74, 6) is 0.168.